The summed E-state index contributed by atoms with van der Waals surface area (Å²) in [6, 6.07) is 17.1. The lowest BCUT2D eigenvalue weighted by atomic mass is 10.2. The van der Waals surface area contributed by atoms with Crippen LogP contribution in [0.1, 0.15) is 11.1 Å². The summed E-state index contributed by atoms with van der Waals surface area (Å²) in [7, 11) is -3.97. The van der Waals surface area contributed by atoms with Crippen molar-refractivity contribution in [2.24, 2.45) is 0 Å². The minimum atomic E-state index is -3.97. The molecule has 2 aromatic carbocycles. The number of aromatic nitrogens is 1. The Hall–Kier alpha value is -2.55. The van der Waals surface area contributed by atoms with Gasteiger partial charge in [0.2, 0.25) is 5.91 Å². The number of hydrogen-bond donors (Lipinski definition) is 1. The van der Waals surface area contributed by atoms with Gasteiger partial charge in [0.15, 0.2) is 0 Å². The van der Waals surface area contributed by atoms with Crippen molar-refractivity contribution in [2.75, 3.05) is 23.1 Å². The van der Waals surface area contributed by atoms with Crippen LogP contribution in [0.15, 0.2) is 76.8 Å². The summed E-state index contributed by atoms with van der Waals surface area (Å²) in [6.45, 7) is 3.73. The highest BCUT2D eigenvalue weighted by Crippen LogP contribution is 2.28. The van der Waals surface area contributed by atoms with Gasteiger partial charge < -0.3 is 5.32 Å². The summed E-state index contributed by atoms with van der Waals surface area (Å²) in [5.41, 5.74) is 2.09. The first-order valence-corrected chi connectivity index (χ1v) is 12.7. The first-order chi connectivity index (χ1) is 15.3. The molecule has 0 bridgehead atoms. The summed E-state index contributed by atoms with van der Waals surface area (Å²) in [6.07, 6.45) is 1.71. The van der Waals surface area contributed by atoms with Crippen molar-refractivity contribution < 1.29 is 13.2 Å². The standard InChI is InChI=1S/C23H24ClN3O3S2/c1-17-6-10-20(11-7-17)32(29,30)27(19-9-8-18(2)21(24)15-19)16-22(28)25-13-14-31-23-5-3-4-12-26-23/h3-12,15H,13-14,16H2,1-2H3,(H,25,28). The number of nitrogens with zero attached hydrogens (tertiary/aromatic N) is 2. The first kappa shape index (κ1) is 24.1. The van der Waals surface area contributed by atoms with E-state index in [1.54, 1.807) is 36.5 Å². The van der Waals surface area contributed by atoms with Crippen molar-refractivity contribution in [3.63, 3.8) is 0 Å². The number of thioether (sulfide) groups is 1. The number of carbonyl (C=O) groups excluding carboxylic acids is 1. The SMILES string of the molecule is Cc1ccc(S(=O)(=O)N(CC(=O)NCCSc2ccccn2)c2ccc(C)c(Cl)c2)cc1. The predicted octanol–water partition coefficient (Wildman–Crippen LogP) is 4.46. The molecule has 0 saturated carbocycles. The van der Waals surface area contributed by atoms with Crippen LogP contribution in [-0.4, -0.2) is 38.2 Å². The Balaban J connectivity index is 1.75. The Morgan fingerprint density at radius 1 is 1.09 bits per heavy atom. The highest BCUT2D eigenvalue weighted by molar-refractivity contribution is 7.99. The van der Waals surface area contributed by atoms with E-state index in [4.69, 9.17) is 11.6 Å². The molecule has 0 saturated heterocycles. The summed E-state index contributed by atoms with van der Waals surface area (Å²) < 4.78 is 27.9. The smallest absolute Gasteiger partial charge is 0.264 e. The molecule has 0 unspecified atom stereocenters. The molecule has 0 atom stereocenters. The Labute approximate surface area is 198 Å². The quantitative estimate of drug-likeness (QED) is 0.354. The molecule has 0 aliphatic carbocycles. The molecule has 1 N–H and O–H groups in total. The summed E-state index contributed by atoms with van der Waals surface area (Å²) in [4.78, 5) is 17.0. The van der Waals surface area contributed by atoms with Crippen molar-refractivity contribution in [1.82, 2.24) is 10.3 Å². The number of anilines is 1. The first-order valence-electron chi connectivity index (χ1n) is 9.93. The minimum Gasteiger partial charge on any atom is -0.354 e. The maximum Gasteiger partial charge on any atom is 0.264 e. The number of rotatable bonds is 9. The van der Waals surface area contributed by atoms with Crippen LogP contribution in [0.3, 0.4) is 0 Å². The molecule has 0 fully saturated rings. The molecule has 0 aliphatic heterocycles. The van der Waals surface area contributed by atoms with E-state index in [0.717, 1.165) is 20.5 Å². The number of nitrogens with one attached hydrogen (secondary N) is 1. The normalized spacial score (nSPS) is 11.2. The Morgan fingerprint density at radius 2 is 1.84 bits per heavy atom. The highest BCUT2D eigenvalue weighted by Gasteiger charge is 2.27. The average molecular weight is 490 g/mol. The molecule has 9 heteroatoms. The maximum absolute atomic E-state index is 13.4. The molecule has 1 heterocycles. The van der Waals surface area contributed by atoms with Gasteiger partial charge in [-0.15, -0.1) is 11.8 Å². The van der Waals surface area contributed by atoms with Gasteiger partial charge in [-0.25, -0.2) is 13.4 Å². The molecule has 6 nitrogen and oxygen atoms in total. The number of aryl methyl sites for hydroxylation is 2. The predicted molar refractivity (Wildman–Crippen MR) is 130 cm³/mol. The Morgan fingerprint density at radius 3 is 2.50 bits per heavy atom. The van der Waals surface area contributed by atoms with Gasteiger partial charge in [-0.05, 0) is 55.8 Å². The van der Waals surface area contributed by atoms with Crippen molar-refractivity contribution in [3.05, 3.63) is 83.0 Å². The monoisotopic (exact) mass is 489 g/mol. The number of halogens is 1. The second kappa shape index (κ2) is 10.8. The van der Waals surface area contributed by atoms with Gasteiger partial charge in [0.25, 0.3) is 10.0 Å². The Bertz CT molecular complexity index is 1170. The molecule has 3 aromatic rings. The van der Waals surface area contributed by atoms with E-state index in [1.165, 1.54) is 23.9 Å². The molecule has 1 aromatic heterocycles. The van der Waals surface area contributed by atoms with E-state index >= 15 is 0 Å². The van der Waals surface area contributed by atoms with E-state index in [-0.39, 0.29) is 11.4 Å². The molecule has 1 amide bonds. The van der Waals surface area contributed by atoms with Crippen LogP contribution in [0.2, 0.25) is 5.02 Å². The highest BCUT2D eigenvalue weighted by atomic mass is 35.5. The zero-order valence-electron chi connectivity index (χ0n) is 17.8. The van der Waals surface area contributed by atoms with E-state index in [0.29, 0.717) is 23.0 Å². The maximum atomic E-state index is 13.4. The minimum absolute atomic E-state index is 0.110. The van der Waals surface area contributed by atoms with Gasteiger partial charge >= 0.3 is 0 Å². The summed E-state index contributed by atoms with van der Waals surface area (Å²) in [5.74, 6) is 0.211. The van der Waals surface area contributed by atoms with Crippen LogP contribution in [-0.2, 0) is 14.8 Å². The third kappa shape index (κ3) is 6.25. The number of amides is 1. The number of sulfonamides is 1. The third-order valence-corrected chi connectivity index (χ3v) is 7.79. The van der Waals surface area contributed by atoms with Crippen molar-refractivity contribution in [2.45, 2.75) is 23.8 Å². The van der Waals surface area contributed by atoms with Crippen LogP contribution in [0.25, 0.3) is 0 Å². The van der Waals surface area contributed by atoms with Crippen LogP contribution in [0.4, 0.5) is 5.69 Å². The molecule has 3 rings (SSSR count). The van der Waals surface area contributed by atoms with Gasteiger partial charge in [-0.1, -0.05) is 41.4 Å². The molecular weight excluding hydrogens is 466 g/mol. The molecule has 0 radical (unpaired) electrons. The largest absolute Gasteiger partial charge is 0.354 e. The summed E-state index contributed by atoms with van der Waals surface area (Å²) >= 11 is 7.75. The lowest BCUT2D eigenvalue weighted by Crippen LogP contribution is -2.41. The van der Waals surface area contributed by atoms with E-state index in [2.05, 4.69) is 10.3 Å². The summed E-state index contributed by atoms with van der Waals surface area (Å²) in [5, 5.41) is 4.08. The molecule has 32 heavy (non-hydrogen) atoms. The van der Waals surface area contributed by atoms with E-state index in [9.17, 15) is 13.2 Å². The molecular formula is C23H24ClN3O3S2. The third-order valence-electron chi connectivity index (χ3n) is 4.65. The number of carbonyl (C=O) groups is 1. The van der Waals surface area contributed by atoms with Crippen LogP contribution in [0.5, 0.6) is 0 Å². The van der Waals surface area contributed by atoms with E-state index < -0.39 is 15.9 Å². The van der Waals surface area contributed by atoms with Crippen LogP contribution >= 0.6 is 23.4 Å². The van der Waals surface area contributed by atoms with Crippen LogP contribution in [0, 0.1) is 13.8 Å². The van der Waals surface area contributed by atoms with E-state index in [1.807, 2.05) is 32.0 Å². The fourth-order valence-corrected chi connectivity index (χ4v) is 5.17. The fourth-order valence-electron chi connectivity index (χ4n) is 2.85. The Kier molecular flexibility index (Phi) is 8.17. The number of hydrogen-bond acceptors (Lipinski definition) is 5. The number of pyridine rings is 1. The molecule has 0 spiro atoms. The van der Waals surface area contributed by atoms with Gasteiger partial charge in [-0.3, -0.25) is 9.10 Å². The van der Waals surface area contributed by atoms with Crippen LogP contribution < -0.4 is 9.62 Å². The molecule has 0 aliphatic rings. The topological polar surface area (TPSA) is 79.4 Å². The van der Waals surface area contributed by atoms with Gasteiger partial charge in [-0.2, -0.15) is 0 Å². The van der Waals surface area contributed by atoms with Gasteiger partial charge in [0.1, 0.15) is 6.54 Å². The van der Waals surface area contributed by atoms with Crippen molar-refractivity contribution in [1.29, 1.82) is 0 Å². The lowest BCUT2D eigenvalue weighted by molar-refractivity contribution is -0.119. The van der Waals surface area contributed by atoms with Gasteiger partial charge in [0.05, 0.1) is 15.6 Å². The zero-order valence-corrected chi connectivity index (χ0v) is 20.2. The second-order valence-corrected chi connectivity index (χ2v) is 10.5. The second-order valence-electron chi connectivity index (χ2n) is 7.12. The van der Waals surface area contributed by atoms with Crippen molar-refractivity contribution >= 4 is 45.0 Å². The van der Waals surface area contributed by atoms with Gasteiger partial charge in [0, 0.05) is 23.5 Å². The average Bonchev–Trinajstić information content (AvgIpc) is 2.78. The van der Waals surface area contributed by atoms with Crippen molar-refractivity contribution in [3.8, 4) is 0 Å². The number of benzene rings is 2. The molecule has 168 valence electrons. The fraction of sp³-hybridized carbons (Fsp3) is 0.217. The zero-order chi connectivity index (χ0) is 23.1. The lowest BCUT2D eigenvalue weighted by Gasteiger charge is -2.24.